The Morgan fingerprint density at radius 3 is 2.59 bits per heavy atom. The van der Waals surface area contributed by atoms with Gasteiger partial charge in [-0.25, -0.2) is 9.97 Å². The molecule has 1 saturated heterocycles. The van der Waals surface area contributed by atoms with Crippen molar-refractivity contribution in [2.75, 3.05) is 34.8 Å². The Bertz CT molecular complexity index is 915. The highest BCUT2D eigenvalue weighted by Gasteiger charge is 2.15. The van der Waals surface area contributed by atoms with Gasteiger partial charge in [0.2, 0.25) is 0 Å². The molecule has 6 nitrogen and oxygen atoms in total. The minimum atomic E-state index is 0.685. The van der Waals surface area contributed by atoms with Crippen molar-refractivity contribution < 1.29 is 0 Å². The molecule has 0 bridgehead atoms. The van der Waals surface area contributed by atoms with Crippen molar-refractivity contribution in [3.8, 4) is 0 Å². The van der Waals surface area contributed by atoms with Crippen LogP contribution in [0.15, 0.2) is 42.5 Å². The molecule has 1 aromatic carbocycles. The van der Waals surface area contributed by atoms with Crippen molar-refractivity contribution in [3.05, 3.63) is 59.5 Å². The molecule has 3 aromatic rings. The number of anilines is 3. The van der Waals surface area contributed by atoms with E-state index >= 15 is 0 Å². The second kappa shape index (κ2) is 8.26. The minimum Gasteiger partial charge on any atom is -0.355 e. The molecule has 0 saturated carbocycles. The number of aryl methyl sites for hydroxylation is 1. The van der Waals surface area contributed by atoms with Crippen LogP contribution in [0.1, 0.15) is 17.1 Å². The molecule has 0 spiro atoms. The average molecular weight is 379 g/mol. The van der Waals surface area contributed by atoms with Gasteiger partial charge in [0.25, 0.3) is 0 Å². The zero-order valence-electron chi connectivity index (χ0n) is 15.2. The Hall–Kier alpha value is -2.80. The number of aromatic amines is 1. The summed E-state index contributed by atoms with van der Waals surface area (Å²) in [6.07, 6.45) is 3.99. The van der Waals surface area contributed by atoms with Gasteiger partial charge in [0.15, 0.2) is 11.6 Å². The largest absolute Gasteiger partial charge is 0.355 e. The first-order valence-corrected chi connectivity index (χ1v) is 10.2. The summed E-state index contributed by atoms with van der Waals surface area (Å²) in [5.74, 6) is 5.39. The van der Waals surface area contributed by atoms with Crippen LogP contribution < -0.4 is 10.2 Å². The molecule has 2 N–H and O–H groups in total. The Kier molecular flexibility index (Phi) is 5.39. The molecule has 0 radical (unpaired) electrons. The molecule has 138 valence electrons. The topological polar surface area (TPSA) is 69.7 Å². The van der Waals surface area contributed by atoms with Crippen molar-refractivity contribution in [2.24, 2.45) is 0 Å². The maximum atomic E-state index is 4.77. The van der Waals surface area contributed by atoms with Crippen LogP contribution in [-0.4, -0.2) is 44.8 Å². The first-order chi connectivity index (χ1) is 13.3. The summed E-state index contributed by atoms with van der Waals surface area (Å²) in [6, 6.07) is 14.1. The number of H-pyrrole nitrogens is 1. The van der Waals surface area contributed by atoms with Crippen molar-refractivity contribution in [1.82, 2.24) is 20.2 Å². The summed E-state index contributed by atoms with van der Waals surface area (Å²) >= 11 is 1.99. The van der Waals surface area contributed by atoms with E-state index in [-0.39, 0.29) is 0 Å². The number of hydrogen-bond acceptors (Lipinski definition) is 6. The van der Waals surface area contributed by atoms with Crippen LogP contribution >= 0.6 is 11.8 Å². The minimum absolute atomic E-state index is 0.685. The molecule has 4 rings (SSSR count). The van der Waals surface area contributed by atoms with E-state index in [2.05, 4.69) is 37.5 Å². The van der Waals surface area contributed by atoms with Crippen LogP contribution in [0.5, 0.6) is 0 Å². The van der Waals surface area contributed by atoms with Gasteiger partial charge < -0.3 is 10.2 Å². The Morgan fingerprint density at radius 2 is 1.85 bits per heavy atom. The Labute approximate surface area is 163 Å². The number of nitrogens with one attached hydrogen (secondary N) is 2. The lowest BCUT2D eigenvalue weighted by molar-refractivity contribution is 0.834. The van der Waals surface area contributed by atoms with E-state index in [4.69, 9.17) is 4.98 Å². The SMILES string of the molecule is Cc1cc(Nc2cc(N3CCSCC3)nc(/C=C/c3ccccc3)n2)n[nH]1. The fraction of sp³-hybridized carbons (Fsp3) is 0.250. The molecule has 0 amide bonds. The second-order valence-corrected chi connectivity index (χ2v) is 7.60. The van der Waals surface area contributed by atoms with Gasteiger partial charge in [-0.05, 0) is 18.6 Å². The molecule has 1 aliphatic rings. The number of rotatable bonds is 5. The van der Waals surface area contributed by atoms with E-state index in [1.807, 2.05) is 61.2 Å². The van der Waals surface area contributed by atoms with E-state index in [9.17, 15) is 0 Å². The molecule has 0 aliphatic carbocycles. The third-order valence-corrected chi connectivity index (χ3v) is 5.19. The monoisotopic (exact) mass is 378 g/mol. The lowest BCUT2D eigenvalue weighted by atomic mass is 10.2. The van der Waals surface area contributed by atoms with Crippen molar-refractivity contribution in [1.29, 1.82) is 0 Å². The third kappa shape index (κ3) is 4.68. The summed E-state index contributed by atoms with van der Waals surface area (Å²) in [7, 11) is 0. The zero-order chi connectivity index (χ0) is 18.5. The van der Waals surface area contributed by atoms with Gasteiger partial charge in [-0.1, -0.05) is 36.4 Å². The zero-order valence-corrected chi connectivity index (χ0v) is 16.0. The molecule has 0 atom stereocenters. The smallest absolute Gasteiger partial charge is 0.156 e. The number of nitrogens with zero attached hydrogens (tertiary/aromatic N) is 4. The standard InChI is InChI=1S/C20H22N6S/c1-15-13-19(25-24-15)22-18-14-20(26-9-11-27-12-10-26)23-17(21-18)8-7-16-5-3-2-4-6-16/h2-8,13-14H,9-12H2,1H3,(H2,21,22,23,24,25)/b8-7+. The van der Waals surface area contributed by atoms with Gasteiger partial charge in [0.1, 0.15) is 11.6 Å². The normalized spacial score (nSPS) is 14.6. The van der Waals surface area contributed by atoms with Gasteiger partial charge in [-0.2, -0.15) is 16.9 Å². The maximum absolute atomic E-state index is 4.77. The molecule has 1 aliphatic heterocycles. The van der Waals surface area contributed by atoms with Crippen LogP contribution in [-0.2, 0) is 0 Å². The van der Waals surface area contributed by atoms with Crippen LogP contribution in [0, 0.1) is 6.92 Å². The quantitative estimate of drug-likeness (QED) is 0.700. The lowest BCUT2D eigenvalue weighted by Crippen LogP contribution is -2.33. The van der Waals surface area contributed by atoms with Gasteiger partial charge in [-0.3, -0.25) is 5.10 Å². The highest BCUT2D eigenvalue weighted by molar-refractivity contribution is 7.99. The van der Waals surface area contributed by atoms with E-state index < -0.39 is 0 Å². The summed E-state index contributed by atoms with van der Waals surface area (Å²) in [4.78, 5) is 11.7. The number of hydrogen-bond donors (Lipinski definition) is 2. The number of thioether (sulfide) groups is 1. The highest BCUT2D eigenvalue weighted by Crippen LogP contribution is 2.22. The second-order valence-electron chi connectivity index (χ2n) is 6.37. The summed E-state index contributed by atoms with van der Waals surface area (Å²) in [5, 5.41) is 10.5. The van der Waals surface area contributed by atoms with Gasteiger partial charge in [0.05, 0.1) is 0 Å². The predicted molar refractivity (Wildman–Crippen MR) is 114 cm³/mol. The van der Waals surface area contributed by atoms with E-state index in [1.54, 1.807) is 0 Å². The van der Waals surface area contributed by atoms with Gasteiger partial charge in [0, 0.05) is 42.4 Å². The Balaban J connectivity index is 1.64. The van der Waals surface area contributed by atoms with Crippen LogP contribution in [0.4, 0.5) is 17.5 Å². The van der Waals surface area contributed by atoms with E-state index in [0.29, 0.717) is 5.82 Å². The lowest BCUT2D eigenvalue weighted by Gasteiger charge is -2.27. The van der Waals surface area contributed by atoms with Crippen LogP contribution in [0.2, 0.25) is 0 Å². The number of benzene rings is 1. The molecule has 7 heteroatoms. The highest BCUT2D eigenvalue weighted by atomic mass is 32.2. The molecule has 3 heterocycles. The van der Waals surface area contributed by atoms with Gasteiger partial charge >= 0.3 is 0 Å². The Morgan fingerprint density at radius 1 is 1.04 bits per heavy atom. The van der Waals surface area contributed by atoms with Crippen LogP contribution in [0.25, 0.3) is 12.2 Å². The first-order valence-electron chi connectivity index (χ1n) is 9.00. The fourth-order valence-corrected chi connectivity index (χ4v) is 3.80. The first kappa shape index (κ1) is 17.6. The summed E-state index contributed by atoms with van der Waals surface area (Å²) in [5.41, 5.74) is 2.13. The summed E-state index contributed by atoms with van der Waals surface area (Å²) in [6.45, 7) is 3.98. The molecular weight excluding hydrogens is 356 g/mol. The average Bonchev–Trinajstić information content (AvgIpc) is 3.12. The maximum Gasteiger partial charge on any atom is 0.156 e. The number of aromatic nitrogens is 4. The molecule has 0 unspecified atom stereocenters. The van der Waals surface area contributed by atoms with Gasteiger partial charge in [-0.15, -0.1) is 0 Å². The van der Waals surface area contributed by atoms with Crippen molar-refractivity contribution >= 4 is 41.4 Å². The summed E-state index contributed by atoms with van der Waals surface area (Å²) < 4.78 is 0. The predicted octanol–water partition coefficient (Wildman–Crippen LogP) is 3.98. The van der Waals surface area contributed by atoms with Crippen molar-refractivity contribution in [2.45, 2.75) is 6.92 Å². The van der Waals surface area contributed by atoms with E-state index in [0.717, 1.165) is 53.3 Å². The molecule has 1 fully saturated rings. The van der Waals surface area contributed by atoms with E-state index in [1.165, 1.54) is 0 Å². The fourth-order valence-electron chi connectivity index (χ4n) is 2.89. The molecule has 27 heavy (non-hydrogen) atoms. The van der Waals surface area contributed by atoms with Crippen molar-refractivity contribution in [3.63, 3.8) is 0 Å². The molecular formula is C20H22N6S. The third-order valence-electron chi connectivity index (χ3n) is 4.25. The van der Waals surface area contributed by atoms with Crippen LogP contribution in [0.3, 0.4) is 0 Å². The molecule has 2 aromatic heterocycles.